The minimum atomic E-state index is 0.463. The summed E-state index contributed by atoms with van der Waals surface area (Å²) in [6.07, 6.45) is 0. The Hall–Kier alpha value is -2.28. The van der Waals surface area contributed by atoms with Crippen molar-refractivity contribution in [3.8, 4) is 23.2 Å². The monoisotopic (exact) mass is 227 g/mol. The molecule has 0 unspecified atom stereocenters. The molecule has 0 aliphatic heterocycles. The number of nitriles is 1. The zero-order chi connectivity index (χ0) is 12.4. The molecule has 0 atom stereocenters. The van der Waals surface area contributed by atoms with E-state index in [1.54, 1.807) is 7.11 Å². The number of hydrogen-bond acceptors (Lipinski definition) is 3. The van der Waals surface area contributed by atoms with Gasteiger partial charge in [-0.2, -0.15) is 5.26 Å². The molecule has 0 amide bonds. The van der Waals surface area contributed by atoms with E-state index in [0.29, 0.717) is 5.69 Å². The van der Waals surface area contributed by atoms with Crippen molar-refractivity contribution in [2.45, 2.75) is 6.92 Å². The van der Waals surface area contributed by atoms with Crippen molar-refractivity contribution in [1.82, 2.24) is 9.55 Å². The van der Waals surface area contributed by atoms with E-state index in [4.69, 9.17) is 10.00 Å². The van der Waals surface area contributed by atoms with Crippen molar-refractivity contribution >= 4 is 0 Å². The highest BCUT2D eigenvalue weighted by atomic mass is 16.5. The van der Waals surface area contributed by atoms with Crippen LogP contribution in [0.2, 0.25) is 0 Å². The first-order valence-corrected chi connectivity index (χ1v) is 5.25. The zero-order valence-corrected chi connectivity index (χ0v) is 10.1. The van der Waals surface area contributed by atoms with Gasteiger partial charge in [-0.1, -0.05) is 12.1 Å². The number of aromatic nitrogens is 2. The number of nitrogens with zero attached hydrogens (tertiary/aromatic N) is 3. The maximum absolute atomic E-state index is 8.95. The molecule has 0 fully saturated rings. The van der Waals surface area contributed by atoms with Crippen molar-refractivity contribution in [2.75, 3.05) is 7.11 Å². The highest BCUT2D eigenvalue weighted by Crippen LogP contribution is 2.24. The van der Waals surface area contributed by atoms with Gasteiger partial charge >= 0.3 is 0 Å². The zero-order valence-electron chi connectivity index (χ0n) is 10.1. The van der Waals surface area contributed by atoms with Crippen LogP contribution in [0.25, 0.3) is 11.4 Å². The summed E-state index contributed by atoms with van der Waals surface area (Å²) in [5, 5.41) is 8.95. The lowest BCUT2D eigenvalue weighted by atomic mass is 10.2. The van der Waals surface area contributed by atoms with Gasteiger partial charge in [0.1, 0.15) is 17.6 Å². The van der Waals surface area contributed by atoms with Crippen molar-refractivity contribution < 1.29 is 4.74 Å². The normalized spacial score (nSPS) is 10.0. The molecule has 2 rings (SSSR count). The molecule has 4 heteroatoms. The van der Waals surface area contributed by atoms with Crippen molar-refractivity contribution in [2.24, 2.45) is 7.05 Å². The van der Waals surface area contributed by atoms with E-state index in [-0.39, 0.29) is 0 Å². The summed E-state index contributed by atoms with van der Waals surface area (Å²) in [6, 6.07) is 9.73. The summed E-state index contributed by atoms with van der Waals surface area (Å²) in [7, 11) is 3.53. The Morgan fingerprint density at radius 1 is 1.41 bits per heavy atom. The van der Waals surface area contributed by atoms with Gasteiger partial charge in [0.25, 0.3) is 0 Å². The topological polar surface area (TPSA) is 50.8 Å². The van der Waals surface area contributed by atoms with Crippen LogP contribution in [-0.2, 0) is 7.05 Å². The fourth-order valence-electron chi connectivity index (χ4n) is 1.71. The summed E-state index contributed by atoms with van der Waals surface area (Å²) < 4.78 is 7.09. The standard InChI is InChI=1S/C13H13N3O/c1-9-12(8-14)15-13(16(9)2)10-5-4-6-11(7-10)17-3/h4-7H,1-3H3. The van der Waals surface area contributed by atoms with Gasteiger partial charge in [0, 0.05) is 12.6 Å². The first-order valence-electron chi connectivity index (χ1n) is 5.25. The predicted molar refractivity (Wildman–Crippen MR) is 64.6 cm³/mol. The third-order valence-electron chi connectivity index (χ3n) is 2.82. The van der Waals surface area contributed by atoms with Crippen LogP contribution in [0.4, 0.5) is 0 Å². The minimum Gasteiger partial charge on any atom is -0.497 e. The molecule has 86 valence electrons. The van der Waals surface area contributed by atoms with Crippen molar-refractivity contribution in [1.29, 1.82) is 5.26 Å². The smallest absolute Gasteiger partial charge is 0.162 e. The van der Waals surface area contributed by atoms with Crippen LogP contribution in [-0.4, -0.2) is 16.7 Å². The SMILES string of the molecule is COc1cccc(-c2nc(C#N)c(C)n2C)c1. The largest absolute Gasteiger partial charge is 0.497 e. The summed E-state index contributed by atoms with van der Waals surface area (Å²) in [5.41, 5.74) is 2.27. The van der Waals surface area contributed by atoms with Crippen molar-refractivity contribution in [3.05, 3.63) is 35.7 Å². The van der Waals surface area contributed by atoms with Gasteiger partial charge in [0.2, 0.25) is 0 Å². The lowest BCUT2D eigenvalue weighted by molar-refractivity contribution is 0.415. The lowest BCUT2D eigenvalue weighted by Gasteiger charge is -2.05. The average Bonchev–Trinajstić information content (AvgIpc) is 2.66. The molecule has 0 saturated heterocycles. The molecule has 0 bridgehead atoms. The molecular weight excluding hydrogens is 214 g/mol. The van der Waals surface area contributed by atoms with Gasteiger partial charge < -0.3 is 9.30 Å². The molecule has 0 aliphatic rings. The van der Waals surface area contributed by atoms with Gasteiger partial charge in [0.05, 0.1) is 12.8 Å². The molecular formula is C13H13N3O. The van der Waals surface area contributed by atoms with E-state index in [1.165, 1.54) is 0 Å². The van der Waals surface area contributed by atoms with Crippen LogP contribution in [0, 0.1) is 18.3 Å². The summed E-state index contributed by atoms with van der Waals surface area (Å²) in [4.78, 5) is 4.32. The summed E-state index contributed by atoms with van der Waals surface area (Å²) in [5.74, 6) is 1.56. The Morgan fingerprint density at radius 3 is 2.76 bits per heavy atom. The summed E-state index contributed by atoms with van der Waals surface area (Å²) >= 11 is 0. The second-order valence-corrected chi connectivity index (χ2v) is 3.77. The van der Waals surface area contributed by atoms with Crippen molar-refractivity contribution in [3.63, 3.8) is 0 Å². The van der Waals surface area contributed by atoms with Gasteiger partial charge in [-0.15, -0.1) is 0 Å². The quantitative estimate of drug-likeness (QED) is 0.790. The van der Waals surface area contributed by atoms with Gasteiger partial charge in [0.15, 0.2) is 5.69 Å². The Labute approximate surface area is 100 Å². The molecule has 1 aromatic heterocycles. The van der Waals surface area contributed by atoms with Crippen LogP contribution in [0.5, 0.6) is 5.75 Å². The van der Waals surface area contributed by atoms with Crippen LogP contribution in [0.3, 0.4) is 0 Å². The Morgan fingerprint density at radius 2 is 2.18 bits per heavy atom. The van der Waals surface area contributed by atoms with Gasteiger partial charge in [-0.3, -0.25) is 0 Å². The highest BCUT2D eigenvalue weighted by Gasteiger charge is 2.12. The molecule has 1 heterocycles. The maximum atomic E-state index is 8.95. The molecule has 0 N–H and O–H groups in total. The maximum Gasteiger partial charge on any atom is 0.162 e. The number of methoxy groups -OCH3 is 1. The minimum absolute atomic E-state index is 0.463. The second kappa shape index (κ2) is 4.30. The number of hydrogen-bond donors (Lipinski definition) is 0. The molecule has 2 aromatic rings. The Balaban J connectivity index is 2.57. The highest BCUT2D eigenvalue weighted by molar-refractivity contribution is 5.60. The third-order valence-corrected chi connectivity index (χ3v) is 2.82. The van der Waals surface area contributed by atoms with E-state index >= 15 is 0 Å². The first kappa shape index (κ1) is 11.2. The van der Waals surface area contributed by atoms with Crippen LogP contribution in [0.15, 0.2) is 24.3 Å². The average molecular weight is 227 g/mol. The molecule has 0 saturated carbocycles. The number of rotatable bonds is 2. The summed E-state index contributed by atoms with van der Waals surface area (Å²) in [6.45, 7) is 1.88. The third kappa shape index (κ3) is 1.87. The first-order chi connectivity index (χ1) is 8.17. The number of ether oxygens (including phenoxy) is 1. The van der Waals surface area contributed by atoms with Gasteiger partial charge in [-0.05, 0) is 19.1 Å². The van der Waals surface area contributed by atoms with E-state index in [0.717, 1.165) is 22.8 Å². The molecule has 17 heavy (non-hydrogen) atoms. The lowest BCUT2D eigenvalue weighted by Crippen LogP contribution is -1.95. The van der Waals surface area contributed by atoms with E-state index in [2.05, 4.69) is 11.1 Å². The van der Waals surface area contributed by atoms with E-state index in [9.17, 15) is 0 Å². The molecule has 0 spiro atoms. The molecule has 4 nitrogen and oxygen atoms in total. The number of benzene rings is 1. The fourth-order valence-corrected chi connectivity index (χ4v) is 1.71. The molecule has 1 aromatic carbocycles. The van der Waals surface area contributed by atoms with Crippen LogP contribution in [0.1, 0.15) is 11.4 Å². The van der Waals surface area contributed by atoms with Crippen LogP contribution < -0.4 is 4.74 Å². The van der Waals surface area contributed by atoms with E-state index in [1.807, 2.05) is 42.8 Å². The van der Waals surface area contributed by atoms with Gasteiger partial charge in [-0.25, -0.2) is 4.98 Å². The predicted octanol–water partition coefficient (Wildman–Crippen LogP) is 2.28. The second-order valence-electron chi connectivity index (χ2n) is 3.77. The molecule has 0 radical (unpaired) electrons. The fraction of sp³-hybridized carbons (Fsp3) is 0.231. The van der Waals surface area contributed by atoms with Crippen LogP contribution >= 0.6 is 0 Å². The Kier molecular flexibility index (Phi) is 2.84. The number of imidazole rings is 1. The Bertz CT molecular complexity index is 593. The molecule has 0 aliphatic carbocycles. The van der Waals surface area contributed by atoms with E-state index < -0.39 is 0 Å².